The van der Waals surface area contributed by atoms with Gasteiger partial charge in [-0.3, -0.25) is 9.36 Å². The number of nitrogens with one attached hydrogen (secondary N) is 1. The number of halogens is 1. The Kier molecular flexibility index (Phi) is 3.74. The second-order valence-corrected chi connectivity index (χ2v) is 5.78. The molecule has 0 bridgehead atoms. The molecular weight excluding hydrogens is 307 g/mol. The third-order valence-corrected chi connectivity index (χ3v) is 4.23. The number of nitrogens with zero attached hydrogens (tertiary/aromatic N) is 3. The fourth-order valence-electron chi connectivity index (χ4n) is 3.06. The molecule has 0 amide bonds. The second kappa shape index (κ2) is 6.05. The second-order valence-electron chi connectivity index (χ2n) is 5.78. The maximum atomic E-state index is 13.8. The van der Waals surface area contributed by atoms with Crippen molar-refractivity contribution in [1.82, 2.24) is 14.9 Å². The summed E-state index contributed by atoms with van der Waals surface area (Å²) in [4.78, 5) is 19.6. The Hall–Kier alpha value is -2.73. The van der Waals surface area contributed by atoms with Gasteiger partial charge in [0.25, 0.3) is 5.56 Å². The van der Waals surface area contributed by atoms with Gasteiger partial charge in [-0.25, -0.2) is 9.37 Å². The molecule has 1 N–H and O–H groups in total. The van der Waals surface area contributed by atoms with E-state index in [0.717, 1.165) is 26.2 Å². The molecule has 1 saturated heterocycles. The van der Waals surface area contributed by atoms with Crippen LogP contribution in [0.5, 0.6) is 0 Å². The van der Waals surface area contributed by atoms with E-state index in [1.54, 1.807) is 10.6 Å². The van der Waals surface area contributed by atoms with Crippen molar-refractivity contribution in [1.29, 1.82) is 0 Å². The molecule has 2 aromatic carbocycles. The Morgan fingerprint density at radius 3 is 2.54 bits per heavy atom. The first-order valence-corrected chi connectivity index (χ1v) is 7.97. The molecule has 24 heavy (non-hydrogen) atoms. The number of hydrogen-bond acceptors (Lipinski definition) is 4. The summed E-state index contributed by atoms with van der Waals surface area (Å²) < 4.78 is 15.3. The number of rotatable bonds is 2. The lowest BCUT2D eigenvalue weighted by molar-refractivity contribution is 0.582. The highest BCUT2D eigenvalue weighted by Crippen LogP contribution is 2.19. The molecule has 3 aromatic rings. The average Bonchev–Trinajstić information content (AvgIpc) is 2.63. The summed E-state index contributed by atoms with van der Waals surface area (Å²) >= 11 is 0. The van der Waals surface area contributed by atoms with Gasteiger partial charge in [-0.1, -0.05) is 18.2 Å². The Balaban J connectivity index is 2.01. The molecule has 5 nitrogen and oxygen atoms in total. The molecule has 0 aliphatic carbocycles. The first-order valence-electron chi connectivity index (χ1n) is 7.97. The summed E-state index contributed by atoms with van der Waals surface area (Å²) in [7, 11) is 0. The van der Waals surface area contributed by atoms with E-state index < -0.39 is 0 Å². The van der Waals surface area contributed by atoms with Gasteiger partial charge < -0.3 is 10.2 Å². The summed E-state index contributed by atoms with van der Waals surface area (Å²) in [6.07, 6.45) is 0. The summed E-state index contributed by atoms with van der Waals surface area (Å²) in [6.45, 7) is 3.08. The van der Waals surface area contributed by atoms with E-state index in [0.29, 0.717) is 22.5 Å². The van der Waals surface area contributed by atoms with Crippen LogP contribution in [0.15, 0.2) is 53.3 Å². The van der Waals surface area contributed by atoms with Gasteiger partial charge in [-0.15, -0.1) is 0 Å². The minimum absolute atomic E-state index is 0.221. The molecule has 0 spiro atoms. The maximum absolute atomic E-state index is 13.8. The predicted molar refractivity (Wildman–Crippen MR) is 92.4 cm³/mol. The Labute approximate surface area is 138 Å². The molecule has 1 aliphatic rings. The molecule has 0 atom stereocenters. The zero-order valence-corrected chi connectivity index (χ0v) is 13.1. The number of para-hydroxylation sites is 1. The lowest BCUT2D eigenvalue weighted by atomic mass is 10.2. The minimum Gasteiger partial charge on any atom is -0.349 e. The molecule has 1 fully saturated rings. The van der Waals surface area contributed by atoms with Gasteiger partial charge in [0.05, 0.1) is 11.0 Å². The summed E-state index contributed by atoms with van der Waals surface area (Å²) in [5.74, 6) is 0.0303. The van der Waals surface area contributed by atoms with E-state index in [9.17, 15) is 9.18 Å². The highest BCUT2D eigenvalue weighted by Gasteiger charge is 2.19. The van der Waals surface area contributed by atoms with E-state index in [-0.39, 0.29) is 11.4 Å². The van der Waals surface area contributed by atoms with Crippen molar-refractivity contribution in [3.8, 4) is 5.69 Å². The molecule has 0 saturated carbocycles. The Bertz CT molecular complexity index is 933. The smallest absolute Gasteiger partial charge is 0.298 e. The fraction of sp³-hybridized carbons (Fsp3) is 0.222. The number of benzene rings is 2. The number of piperazine rings is 1. The van der Waals surface area contributed by atoms with E-state index >= 15 is 0 Å². The van der Waals surface area contributed by atoms with Crippen LogP contribution in [-0.4, -0.2) is 35.7 Å². The van der Waals surface area contributed by atoms with Crippen molar-refractivity contribution in [2.24, 2.45) is 0 Å². The van der Waals surface area contributed by atoms with Crippen LogP contribution >= 0.6 is 0 Å². The van der Waals surface area contributed by atoms with Gasteiger partial charge >= 0.3 is 0 Å². The number of hydrogen-bond donors (Lipinski definition) is 1. The topological polar surface area (TPSA) is 50.2 Å². The highest BCUT2D eigenvalue weighted by molar-refractivity contribution is 5.78. The third kappa shape index (κ3) is 2.55. The number of aromatic nitrogens is 2. The van der Waals surface area contributed by atoms with Crippen molar-refractivity contribution in [2.45, 2.75) is 0 Å². The van der Waals surface area contributed by atoms with Gasteiger partial charge in [-0.05, 0) is 24.3 Å². The standard InChI is InChI=1S/C18H17FN4O/c19-13-6-7-15-16(12-13)23(14-4-2-1-3-5-14)18(24)17(21-15)22-10-8-20-9-11-22/h1-7,12,20H,8-11H2. The van der Waals surface area contributed by atoms with Gasteiger partial charge in [0.15, 0.2) is 5.82 Å². The van der Waals surface area contributed by atoms with Crippen LogP contribution in [0.2, 0.25) is 0 Å². The first kappa shape index (κ1) is 14.8. The van der Waals surface area contributed by atoms with Crippen molar-refractivity contribution in [3.05, 3.63) is 64.7 Å². The van der Waals surface area contributed by atoms with Crippen LogP contribution in [0.4, 0.5) is 10.2 Å². The average molecular weight is 324 g/mol. The zero-order valence-electron chi connectivity index (χ0n) is 13.1. The van der Waals surface area contributed by atoms with E-state index in [4.69, 9.17) is 0 Å². The molecule has 0 unspecified atom stereocenters. The van der Waals surface area contributed by atoms with Crippen molar-refractivity contribution >= 4 is 16.9 Å². The van der Waals surface area contributed by atoms with Crippen molar-refractivity contribution < 1.29 is 4.39 Å². The minimum atomic E-state index is -0.386. The van der Waals surface area contributed by atoms with Crippen LogP contribution in [0.3, 0.4) is 0 Å². The summed E-state index contributed by atoms with van der Waals surface area (Å²) in [6, 6.07) is 13.6. The number of anilines is 1. The molecular formula is C18H17FN4O. The van der Waals surface area contributed by atoms with E-state index in [1.807, 2.05) is 35.2 Å². The number of fused-ring (bicyclic) bond motifs is 1. The largest absolute Gasteiger partial charge is 0.349 e. The van der Waals surface area contributed by atoms with Crippen molar-refractivity contribution in [2.75, 3.05) is 31.1 Å². The van der Waals surface area contributed by atoms with E-state index in [2.05, 4.69) is 10.3 Å². The highest BCUT2D eigenvalue weighted by atomic mass is 19.1. The van der Waals surface area contributed by atoms with Gasteiger partial charge in [0.2, 0.25) is 0 Å². The Morgan fingerprint density at radius 1 is 1.04 bits per heavy atom. The van der Waals surface area contributed by atoms with Gasteiger partial charge in [0.1, 0.15) is 5.82 Å². The van der Waals surface area contributed by atoms with Crippen LogP contribution in [0.1, 0.15) is 0 Å². The normalized spacial score (nSPS) is 15.0. The molecule has 1 aromatic heterocycles. The van der Waals surface area contributed by atoms with Gasteiger partial charge in [-0.2, -0.15) is 0 Å². The molecule has 0 radical (unpaired) electrons. The van der Waals surface area contributed by atoms with Crippen LogP contribution in [-0.2, 0) is 0 Å². The lowest BCUT2D eigenvalue weighted by Gasteiger charge is -2.28. The molecule has 2 heterocycles. The fourth-order valence-corrected chi connectivity index (χ4v) is 3.06. The van der Waals surface area contributed by atoms with Crippen LogP contribution in [0, 0.1) is 5.82 Å². The van der Waals surface area contributed by atoms with Crippen LogP contribution in [0.25, 0.3) is 16.7 Å². The first-order chi connectivity index (χ1) is 11.7. The Morgan fingerprint density at radius 2 is 1.79 bits per heavy atom. The molecule has 122 valence electrons. The van der Waals surface area contributed by atoms with Crippen molar-refractivity contribution in [3.63, 3.8) is 0 Å². The summed E-state index contributed by atoms with van der Waals surface area (Å²) in [5.41, 5.74) is 1.57. The lowest BCUT2D eigenvalue weighted by Crippen LogP contribution is -2.46. The third-order valence-electron chi connectivity index (χ3n) is 4.23. The summed E-state index contributed by atoms with van der Waals surface area (Å²) in [5, 5.41) is 3.27. The zero-order chi connectivity index (χ0) is 16.5. The quantitative estimate of drug-likeness (QED) is 0.783. The monoisotopic (exact) mass is 324 g/mol. The van der Waals surface area contributed by atoms with E-state index in [1.165, 1.54) is 12.1 Å². The van der Waals surface area contributed by atoms with Gasteiger partial charge in [0, 0.05) is 37.9 Å². The predicted octanol–water partition coefficient (Wildman–Crippen LogP) is 1.93. The molecule has 6 heteroatoms. The molecule has 4 rings (SSSR count). The SMILES string of the molecule is O=c1c(N2CCNCC2)nc2ccc(F)cc2n1-c1ccccc1. The van der Waals surface area contributed by atoms with Crippen LogP contribution < -0.4 is 15.8 Å². The maximum Gasteiger partial charge on any atom is 0.298 e. The molecule has 1 aliphatic heterocycles.